The fraction of sp³-hybridized carbons (Fsp3) is 0.394. The number of hydrogen-bond acceptors (Lipinski definition) is 6. The van der Waals surface area contributed by atoms with Gasteiger partial charge >= 0.3 is 0 Å². The van der Waals surface area contributed by atoms with Crippen LogP contribution < -0.4 is 25.0 Å². The lowest BCUT2D eigenvalue weighted by Crippen LogP contribution is -2.48. The van der Waals surface area contributed by atoms with Crippen molar-refractivity contribution in [2.24, 2.45) is 0 Å². The molecule has 0 aliphatic carbocycles. The van der Waals surface area contributed by atoms with Crippen molar-refractivity contribution in [2.45, 2.75) is 64.8 Å². The number of aliphatic hydroxyl groups is 1. The van der Waals surface area contributed by atoms with Gasteiger partial charge in [-0.2, -0.15) is 0 Å². The highest BCUT2D eigenvalue weighted by Crippen LogP contribution is 2.28. The van der Waals surface area contributed by atoms with Gasteiger partial charge in [-0.25, -0.2) is 0 Å². The highest BCUT2D eigenvalue weighted by Gasteiger charge is 2.26. The topological polar surface area (TPSA) is 100 Å². The minimum absolute atomic E-state index is 0.0355. The van der Waals surface area contributed by atoms with E-state index in [2.05, 4.69) is 10.6 Å². The fourth-order valence-electron chi connectivity index (χ4n) is 4.95. The monoisotopic (exact) mass is 559 g/mol. The SMILES string of the molecule is CCOc1cccc(CNC[C@@H](O)[C@H](Cc2ccccc2)NC(=O)c2cc(OC(C)C)cc(N3CCCC3=O)c2)c1. The number of carbonyl (C=O) groups is 2. The van der Waals surface area contributed by atoms with E-state index in [0.717, 1.165) is 23.3 Å². The smallest absolute Gasteiger partial charge is 0.251 e. The number of nitrogens with one attached hydrogen (secondary N) is 2. The molecule has 1 fully saturated rings. The second-order valence-electron chi connectivity index (χ2n) is 10.6. The molecular weight excluding hydrogens is 518 g/mol. The number of nitrogens with zero attached hydrogens (tertiary/aromatic N) is 1. The first-order valence-electron chi connectivity index (χ1n) is 14.4. The van der Waals surface area contributed by atoms with E-state index in [4.69, 9.17) is 9.47 Å². The van der Waals surface area contributed by atoms with Crippen molar-refractivity contribution < 1.29 is 24.2 Å². The van der Waals surface area contributed by atoms with Gasteiger partial charge in [-0.3, -0.25) is 9.59 Å². The molecule has 3 N–H and O–H groups in total. The van der Waals surface area contributed by atoms with Crippen molar-refractivity contribution in [1.82, 2.24) is 10.6 Å². The highest BCUT2D eigenvalue weighted by molar-refractivity contribution is 5.99. The quantitative estimate of drug-likeness (QED) is 0.269. The third kappa shape index (κ3) is 8.80. The Balaban J connectivity index is 1.50. The summed E-state index contributed by atoms with van der Waals surface area (Å²) in [7, 11) is 0. The highest BCUT2D eigenvalue weighted by atomic mass is 16.5. The molecule has 1 saturated heterocycles. The van der Waals surface area contributed by atoms with Crippen molar-refractivity contribution in [1.29, 1.82) is 0 Å². The van der Waals surface area contributed by atoms with Gasteiger partial charge in [0.25, 0.3) is 5.91 Å². The zero-order valence-corrected chi connectivity index (χ0v) is 24.1. The van der Waals surface area contributed by atoms with Gasteiger partial charge in [0.15, 0.2) is 0 Å². The summed E-state index contributed by atoms with van der Waals surface area (Å²) in [5, 5.41) is 17.6. The van der Waals surface area contributed by atoms with E-state index in [1.54, 1.807) is 23.1 Å². The van der Waals surface area contributed by atoms with E-state index in [-0.39, 0.29) is 24.5 Å². The maximum absolute atomic E-state index is 13.6. The van der Waals surface area contributed by atoms with Crippen LogP contribution in [0.2, 0.25) is 0 Å². The summed E-state index contributed by atoms with van der Waals surface area (Å²) >= 11 is 0. The summed E-state index contributed by atoms with van der Waals surface area (Å²) in [5.41, 5.74) is 3.06. The molecular formula is C33H41N3O5. The molecule has 8 nitrogen and oxygen atoms in total. The van der Waals surface area contributed by atoms with Crippen molar-refractivity contribution in [3.05, 3.63) is 89.5 Å². The molecule has 3 aromatic carbocycles. The molecule has 0 radical (unpaired) electrons. The molecule has 0 bridgehead atoms. The lowest BCUT2D eigenvalue weighted by atomic mass is 10.00. The Morgan fingerprint density at radius 3 is 2.49 bits per heavy atom. The summed E-state index contributed by atoms with van der Waals surface area (Å²) in [6, 6.07) is 22.3. The molecule has 2 amide bonds. The summed E-state index contributed by atoms with van der Waals surface area (Å²) in [6.45, 7) is 7.81. The minimum Gasteiger partial charge on any atom is -0.494 e. The molecule has 1 heterocycles. The average molecular weight is 560 g/mol. The summed E-state index contributed by atoms with van der Waals surface area (Å²) in [4.78, 5) is 27.8. The van der Waals surface area contributed by atoms with Gasteiger partial charge in [0.2, 0.25) is 5.91 Å². The van der Waals surface area contributed by atoms with Crippen LogP contribution in [-0.4, -0.2) is 54.9 Å². The molecule has 0 unspecified atom stereocenters. The number of hydrogen-bond donors (Lipinski definition) is 3. The van der Waals surface area contributed by atoms with Crippen LogP contribution in [-0.2, 0) is 17.8 Å². The van der Waals surface area contributed by atoms with Crippen LogP contribution in [0.15, 0.2) is 72.8 Å². The van der Waals surface area contributed by atoms with E-state index < -0.39 is 12.1 Å². The first-order chi connectivity index (χ1) is 19.8. The van der Waals surface area contributed by atoms with Gasteiger partial charge in [0, 0.05) is 43.4 Å². The van der Waals surface area contributed by atoms with Crippen LogP contribution in [0.4, 0.5) is 5.69 Å². The minimum atomic E-state index is -0.857. The third-order valence-electron chi connectivity index (χ3n) is 6.88. The zero-order chi connectivity index (χ0) is 29.2. The van der Waals surface area contributed by atoms with Gasteiger partial charge < -0.3 is 30.1 Å². The Hall–Kier alpha value is -3.88. The molecule has 0 saturated carbocycles. The van der Waals surface area contributed by atoms with Gasteiger partial charge in [0.1, 0.15) is 11.5 Å². The molecule has 1 aliphatic rings. The van der Waals surface area contributed by atoms with E-state index in [1.165, 1.54) is 0 Å². The first kappa shape index (κ1) is 30.1. The van der Waals surface area contributed by atoms with Crippen LogP contribution in [0, 0.1) is 0 Å². The number of carbonyl (C=O) groups excluding carboxylic acids is 2. The zero-order valence-electron chi connectivity index (χ0n) is 24.1. The largest absolute Gasteiger partial charge is 0.494 e. The molecule has 0 spiro atoms. The van der Waals surface area contributed by atoms with Gasteiger partial charge in [-0.15, -0.1) is 0 Å². The Morgan fingerprint density at radius 2 is 1.78 bits per heavy atom. The summed E-state index contributed by atoms with van der Waals surface area (Å²) in [6.07, 6.45) is 0.775. The number of benzene rings is 3. The van der Waals surface area contributed by atoms with Crippen LogP contribution in [0.25, 0.3) is 0 Å². The Bertz CT molecular complexity index is 1300. The van der Waals surface area contributed by atoms with Gasteiger partial charge in [-0.05, 0) is 69.0 Å². The van der Waals surface area contributed by atoms with Crippen LogP contribution in [0.1, 0.15) is 55.1 Å². The standard InChI is InChI=1S/C33H41N3O5/c1-4-40-28-13-8-12-25(16-28)21-34-22-31(37)30(17-24-10-6-5-7-11-24)35-33(39)26-18-27(36-15-9-14-32(36)38)20-29(19-26)41-23(2)3/h5-8,10-13,16,18-20,23,30-31,34,37H,4,9,14-15,17,21-22H2,1-3H3,(H,35,39)/t30-,31+/m0/s1. The normalized spacial score (nSPS) is 14.7. The third-order valence-corrected chi connectivity index (χ3v) is 6.88. The van der Waals surface area contributed by atoms with Crippen molar-refractivity contribution in [2.75, 3.05) is 24.6 Å². The number of ether oxygens (including phenoxy) is 2. The average Bonchev–Trinajstić information content (AvgIpc) is 3.39. The summed E-state index contributed by atoms with van der Waals surface area (Å²) < 4.78 is 11.5. The first-order valence-corrected chi connectivity index (χ1v) is 14.4. The fourth-order valence-corrected chi connectivity index (χ4v) is 4.95. The van der Waals surface area contributed by atoms with E-state index in [0.29, 0.717) is 49.5 Å². The molecule has 1 aliphatic heterocycles. The predicted molar refractivity (Wildman–Crippen MR) is 161 cm³/mol. The van der Waals surface area contributed by atoms with Crippen LogP contribution in [0.5, 0.6) is 11.5 Å². The summed E-state index contributed by atoms with van der Waals surface area (Å²) in [5.74, 6) is 1.03. The predicted octanol–water partition coefficient (Wildman–Crippen LogP) is 4.49. The molecule has 218 valence electrons. The Labute approximate surface area is 242 Å². The van der Waals surface area contributed by atoms with Crippen LogP contribution >= 0.6 is 0 Å². The van der Waals surface area contributed by atoms with E-state index in [1.807, 2.05) is 75.4 Å². The molecule has 2 atom stereocenters. The lowest BCUT2D eigenvalue weighted by Gasteiger charge is -2.26. The number of amides is 2. The molecule has 3 aromatic rings. The van der Waals surface area contributed by atoms with Crippen LogP contribution in [0.3, 0.4) is 0 Å². The number of rotatable bonds is 14. The van der Waals surface area contributed by atoms with Gasteiger partial charge in [-0.1, -0.05) is 42.5 Å². The molecule has 8 heteroatoms. The Morgan fingerprint density at radius 1 is 1.00 bits per heavy atom. The van der Waals surface area contributed by atoms with Gasteiger partial charge in [0.05, 0.1) is 24.9 Å². The molecule has 0 aromatic heterocycles. The second-order valence-corrected chi connectivity index (χ2v) is 10.6. The lowest BCUT2D eigenvalue weighted by molar-refractivity contribution is -0.117. The molecule has 41 heavy (non-hydrogen) atoms. The van der Waals surface area contributed by atoms with E-state index >= 15 is 0 Å². The second kappa shape index (κ2) is 14.7. The number of aliphatic hydroxyl groups excluding tert-OH is 1. The maximum Gasteiger partial charge on any atom is 0.251 e. The van der Waals surface area contributed by atoms with Crippen molar-refractivity contribution in [3.8, 4) is 11.5 Å². The van der Waals surface area contributed by atoms with E-state index in [9.17, 15) is 14.7 Å². The Kier molecular flexibility index (Phi) is 10.8. The maximum atomic E-state index is 13.6. The van der Waals surface area contributed by atoms with Crippen molar-refractivity contribution >= 4 is 17.5 Å². The molecule has 4 rings (SSSR count). The number of anilines is 1. The van der Waals surface area contributed by atoms with Crippen molar-refractivity contribution in [3.63, 3.8) is 0 Å².